The Morgan fingerprint density at radius 3 is 2.43 bits per heavy atom. The smallest absolute Gasteiger partial charge is 0.170 e. The molecule has 28 heavy (non-hydrogen) atoms. The van der Waals surface area contributed by atoms with Gasteiger partial charge in [-0.25, -0.2) is 4.39 Å². The lowest BCUT2D eigenvalue weighted by Crippen LogP contribution is -3.15. The van der Waals surface area contributed by atoms with Crippen LogP contribution in [-0.4, -0.2) is 51.5 Å². The first-order chi connectivity index (χ1) is 13.6. The van der Waals surface area contributed by atoms with E-state index in [9.17, 15) is 4.39 Å². The van der Waals surface area contributed by atoms with Crippen LogP contribution in [0.5, 0.6) is 5.75 Å². The summed E-state index contributed by atoms with van der Waals surface area (Å²) in [6.07, 6.45) is 1.07. The summed E-state index contributed by atoms with van der Waals surface area (Å²) in [6.45, 7) is 6.19. The molecule has 0 bridgehead atoms. The Labute approximate surface area is 171 Å². The quantitative estimate of drug-likeness (QED) is 0.487. The molecule has 7 heteroatoms. The van der Waals surface area contributed by atoms with Crippen molar-refractivity contribution < 1.29 is 14.0 Å². The largest absolute Gasteiger partial charge is 0.497 e. The predicted molar refractivity (Wildman–Crippen MR) is 116 cm³/mol. The van der Waals surface area contributed by atoms with Gasteiger partial charge in [0.15, 0.2) is 5.11 Å². The Kier molecular flexibility index (Phi) is 7.45. The molecule has 0 atom stereocenters. The van der Waals surface area contributed by atoms with Crippen LogP contribution in [0.15, 0.2) is 48.5 Å². The number of hydrogen-bond donors (Lipinski definition) is 3. The Hall–Kier alpha value is -2.38. The van der Waals surface area contributed by atoms with Crippen molar-refractivity contribution >= 4 is 28.7 Å². The molecule has 1 aliphatic rings. The monoisotopic (exact) mass is 403 g/mol. The standard InChI is InChI=1S/C21H27FN4OS/c1-27-20-9-5-18(6-10-20)24-21(28)23-11-2-12-25-13-15-26(16-14-25)19-7-3-17(22)4-8-19/h3-10H,2,11-16H2,1H3,(H2,23,24,28)/p+1. The fraction of sp³-hybridized carbons (Fsp3) is 0.381. The third-order valence-corrected chi connectivity index (χ3v) is 5.25. The number of hydrogen-bond acceptors (Lipinski definition) is 3. The van der Waals surface area contributed by atoms with Crippen LogP contribution in [0.1, 0.15) is 6.42 Å². The SMILES string of the molecule is COc1ccc(NC(=S)NCCC[NH+]2CCN(c3ccc(F)cc3)CC2)cc1. The number of nitrogens with one attached hydrogen (secondary N) is 3. The number of benzene rings is 2. The molecule has 0 unspecified atom stereocenters. The van der Waals surface area contributed by atoms with E-state index in [4.69, 9.17) is 17.0 Å². The lowest BCUT2D eigenvalue weighted by molar-refractivity contribution is -0.900. The third-order valence-electron chi connectivity index (χ3n) is 5.00. The Morgan fingerprint density at radius 1 is 1.11 bits per heavy atom. The Morgan fingerprint density at radius 2 is 1.79 bits per heavy atom. The van der Waals surface area contributed by atoms with Gasteiger partial charge in [-0.05, 0) is 60.7 Å². The molecule has 1 heterocycles. The van der Waals surface area contributed by atoms with E-state index >= 15 is 0 Å². The molecule has 0 aliphatic carbocycles. The summed E-state index contributed by atoms with van der Waals surface area (Å²) in [5.74, 6) is 0.645. The number of rotatable bonds is 7. The van der Waals surface area contributed by atoms with E-state index in [1.165, 1.54) is 12.1 Å². The minimum absolute atomic E-state index is 0.181. The first-order valence-corrected chi connectivity index (χ1v) is 10.1. The van der Waals surface area contributed by atoms with Crippen LogP contribution in [0.2, 0.25) is 0 Å². The molecule has 5 nitrogen and oxygen atoms in total. The van der Waals surface area contributed by atoms with Crippen LogP contribution < -0.4 is 25.2 Å². The lowest BCUT2D eigenvalue weighted by atomic mass is 10.2. The van der Waals surface area contributed by atoms with Gasteiger partial charge >= 0.3 is 0 Å². The molecule has 1 saturated heterocycles. The Balaban J connectivity index is 1.30. The maximum atomic E-state index is 13.1. The zero-order chi connectivity index (χ0) is 19.8. The fourth-order valence-corrected chi connectivity index (χ4v) is 3.59. The van der Waals surface area contributed by atoms with E-state index in [0.717, 1.165) is 62.8 Å². The molecule has 0 amide bonds. The summed E-state index contributed by atoms with van der Waals surface area (Å²) in [5.41, 5.74) is 2.05. The summed E-state index contributed by atoms with van der Waals surface area (Å²) in [4.78, 5) is 3.93. The second-order valence-electron chi connectivity index (χ2n) is 6.93. The number of quaternary nitrogens is 1. The van der Waals surface area contributed by atoms with Crippen molar-refractivity contribution in [1.82, 2.24) is 5.32 Å². The zero-order valence-corrected chi connectivity index (χ0v) is 17.0. The van der Waals surface area contributed by atoms with Crippen LogP contribution in [-0.2, 0) is 0 Å². The third kappa shape index (κ3) is 6.07. The van der Waals surface area contributed by atoms with Gasteiger partial charge in [-0.15, -0.1) is 0 Å². The van der Waals surface area contributed by atoms with Crippen molar-refractivity contribution in [3.63, 3.8) is 0 Å². The van der Waals surface area contributed by atoms with Crippen molar-refractivity contribution in [2.24, 2.45) is 0 Å². The average Bonchev–Trinajstić information content (AvgIpc) is 2.73. The van der Waals surface area contributed by atoms with Crippen molar-refractivity contribution in [2.75, 3.05) is 56.6 Å². The molecule has 0 spiro atoms. The number of halogens is 1. The van der Waals surface area contributed by atoms with Crippen molar-refractivity contribution in [3.05, 3.63) is 54.3 Å². The molecule has 3 N–H and O–H groups in total. The molecule has 2 aromatic rings. The lowest BCUT2D eigenvalue weighted by Gasteiger charge is -2.33. The first kappa shape index (κ1) is 20.4. The maximum Gasteiger partial charge on any atom is 0.170 e. The van der Waals surface area contributed by atoms with Crippen molar-refractivity contribution in [2.45, 2.75) is 6.42 Å². The average molecular weight is 404 g/mol. The summed E-state index contributed by atoms with van der Waals surface area (Å²) in [5, 5.41) is 7.09. The Bertz CT molecular complexity index is 746. The van der Waals surface area contributed by atoms with E-state index in [1.807, 2.05) is 36.4 Å². The molecule has 0 aromatic heterocycles. The summed E-state index contributed by atoms with van der Waals surface area (Å²) in [6, 6.07) is 14.5. The van der Waals surface area contributed by atoms with Gasteiger partial charge in [-0.3, -0.25) is 0 Å². The van der Waals surface area contributed by atoms with Crippen molar-refractivity contribution in [1.29, 1.82) is 0 Å². The second kappa shape index (κ2) is 10.2. The highest BCUT2D eigenvalue weighted by molar-refractivity contribution is 7.80. The molecule has 0 radical (unpaired) electrons. The predicted octanol–water partition coefficient (Wildman–Crippen LogP) is 1.92. The van der Waals surface area contributed by atoms with E-state index in [1.54, 1.807) is 12.0 Å². The highest BCUT2D eigenvalue weighted by Gasteiger charge is 2.19. The topological polar surface area (TPSA) is 41.0 Å². The molecule has 150 valence electrons. The summed E-state index contributed by atoms with van der Waals surface area (Å²) < 4.78 is 18.2. The van der Waals surface area contributed by atoms with Gasteiger partial charge in [-0.1, -0.05) is 0 Å². The van der Waals surface area contributed by atoms with Crippen LogP contribution in [0.3, 0.4) is 0 Å². The van der Waals surface area contributed by atoms with Crippen molar-refractivity contribution in [3.8, 4) is 5.75 Å². The summed E-state index contributed by atoms with van der Waals surface area (Å²) in [7, 11) is 1.65. The molecular weight excluding hydrogens is 375 g/mol. The number of nitrogens with zero attached hydrogens (tertiary/aromatic N) is 1. The maximum absolute atomic E-state index is 13.1. The highest BCUT2D eigenvalue weighted by Crippen LogP contribution is 2.15. The van der Waals surface area contributed by atoms with Gasteiger partial charge in [0.25, 0.3) is 0 Å². The highest BCUT2D eigenvalue weighted by atomic mass is 32.1. The number of anilines is 2. The molecule has 0 saturated carbocycles. The number of thiocarbonyl (C=S) groups is 1. The van der Waals surface area contributed by atoms with E-state index in [0.29, 0.717) is 5.11 Å². The number of piperazine rings is 1. The second-order valence-corrected chi connectivity index (χ2v) is 7.33. The molecule has 3 rings (SSSR count). The first-order valence-electron chi connectivity index (χ1n) is 9.67. The molecule has 2 aromatic carbocycles. The van der Waals surface area contributed by atoms with Crippen LogP contribution in [0.25, 0.3) is 0 Å². The van der Waals surface area contributed by atoms with Crippen LogP contribution in [0, 0.1) is 5.82 Å². The van der Waals surface area contributed by atoms with Gasteiger partial charge < -0.3 is 25.2 Å². The minimum atomic E-state index is -0.181. The number of ether oxygens (including phenoxy) is 1. The van der Waals surface area contributed by atoms with Gasteiger partial charge in [0.2, 0.25) is 0 Å². The number of methoxy groups -OCH3 is 1. The van der Waals surface area contributed by atoms with Gasteiger partial charge in [0, 0.05) is 24.3 Å². The van der Waals surface area contributed by atoms with Gasteiger partial charge in [0.1, 0.15) is 11.6 Å². The van der Waals surface area contributed by atoms with Gasteiger partial charge in [-0.2, -0.15) is 0 Å². The van der Waals surface area contributed by atoms with Gasteiger partial charge in [0.05, 0.1) is 39.8 Å². The van der Waals surface area contributed by atoms with E-state index in [2.05, 4.69) is 15.5 Å². The molecule has 1 fully saturated rings. The van der Waals surface area contributed by atoms with Crippen LogP contribution in [0.4, 0.5) is 15.8 Å². The summed E-state index contributed by atoms with van der Waals surface area (Å²) >= 11 is 5.35. The van der Waals surface area contributed by atoms with E-state index < -0.39 is 0 Å². The van der Waals surface area contributed by atoms with Crippen LogP contribution >= 0.6 is 12.2 Å². The zero-order valence-electron chi connectivity index (χ0n) is 16.2. The minimum Gasteiger partial charge on any atom is -0.497 e. The molecular formula is C21H28FN4OS+. The normalized spacial score (nSPS) is 14.6. The molecule has 1 aliphatic heterocycles. The fourth-order valence-electron chi connectivity index (χ4n) is 3.37. The van der Waals surface area contributed by atoms with E-state index in [-0.39, 0.29) is 5.82 Å².